The summed E-state index contributed by atoms with van der Waals surface area (Å²) in [7, 11) is 0. The van der Waals surface area contributed by atoms with E-state index >= 15 is 0 Å². The first-order chi connectivity index (χ1) is 11.2. The van der Waals surface area contributed by atoms with E-state index < -0.39 is 5.92 Å². The predicted octanol–water partition coefficient (Wildman–Crippen LogP) is 2.34. The molecule has 0 unspecified atom stereocenters. The van der Waals surface area contributed by atoms with E-state index in [1.807, 2.05) is 48.5 Å². The molecule has 1 heterocycles. The van der Waals surface area contributed by atoms with Gasteiger partial charge in [-0.05, 0) is 24.6 Å². The van der Waals surface area contributed by atoms with Gasteiger partial charge in [0.1, 0.15) is 0 Å². The Morgan fingerprint density at radius 1 is 1.09 bits per heavy atom. The van der Waals surface area contributed by atoms with E-state index in [1.54, 1.807) is 19.1 Å². The molecule has 0 saturated carbocycles. The number of hydrogen-bond donors (Lipinski definition) is 1. The van der Waals surface area contributed by atoms with Crippen LogP contribution in [0, 0.1) is 5.92 Å². The highest BCUT2D eigenvalue weighted by atomic mass is 16.2. The van der Waals surface area contributed by atoms with Gasteiger partial charge in [0.2, 0.25) is 5.91 Å². The van der Waals surface area contributed by atoms with Crippen molar-refractivity contribution in [1.82, 2.24) is 5.32 Å². The van der Waals surface area contributed by atoms with Crippen molar-refractivity contribution in [3.63, 3.8) is 0 Å². The summed E-state index contributed by atoms with van der Waals surface area (Å²) in [5, 5.41) is 8.34. The fraction of sp³-hybridized carbons (Fsp3) is 0.167. The molecule has 23 heavy (non-hydrogen) atoms. The van der Waals surface area contributed by atoms with Crippen molar-refractivity contribution in [2.24, 2.45) is 11.0 Å². The summed E-state index contributed by atoms with van der Waals surface area (Å²) >= 11 is 0. The van der Waals surface area contributed by atoms with Gasteiger partial charge in [0.25, 0.3) is 5.91 Å². The maximum Gasteiger partial charge on any atom is 0.265 e. The molecule has 5 nitrogen and oxygen atoms in total. The van der Waals surface area contributed by atoms with E-state index in [4.69, 9.17) is 0 Å². The predicted molar refractivity (Wildman–Crippen MR) is 88.8 cm³/mol. The minimum atomic E-state index is -0.862. The summed E-state index contributed by atoms with van der Waals surface area (Å²) < 4.78 is 0. The molecule has 0 spiro atoms. The van der Waals surface area contributed by atoms with Crippen molar-refractivity contribution in [3.8, 4) is 0 Å². The lowest BCUT2D eigenvalue weighted by Gasteiger charge is -2.14. The van der Waals surface area contributed by atoms with Gasteiger partial charge in [-0.25, -0.2) is 0 Å². The topological polar surface area (TPSA) is 61.8 Å². The van der Waals surface area contributed by atoms with Crippen LogP contribution in [0.2, 0.25) is 0 Å². The van der Waals surface area contributed by atoms with Crippen LogP contribution < -0.4 is 10.3 Å². The number of para-hydroxylation sites is 1. The number of carbonyl (C=O) groups is 2. The number of anilines is 1. The largest absolute Gasteiger partial charge is 0.351 e. The van der Waals surface area contributed by atoms with E-state index in [9.17, 15) is 9.59 Å². The molecule has 1 atom stereocenters. The SMILES string of the molecule is CC1=NN(c2ccccc2)C(=O)[C@H]1C(=O)NCc1ccccc1. The lowest BCUT2D eigenvalue weighted by molar-refractivity contribution is -0.130. The summed E-state index contributed by atoms with van der Waals surface area (Å²) in [6.07, 6.45) is 0. The van der Waals surface area contributed by atoms with Crippen LogP contribution >= 0.6 is 0 Å². The number of hydrogen-bond acceptors (Lipinski definition) is 3. The summed E-state index contributed by atoms with van der Waals surface area (Å²) in [5.74, 6) is -1.50. The third kappa shape index (κ3) is 3.13. The van der Waals surface area contributed by atoms with Gasteiger partial charge in [-0.3, -0.25) is 9.59 Å². The van der Waals surface area contributed by atoms with Gasteiger partial charge in [0.05, 0.1) is 11.4 Å². The molecule has 2 amide bonds. The Hall–Kier alpha value is -2.95. The first-order valence-electron chi connectivity index (χ1n) is 7.42. The minimum absolute atomic E-state index is 0.320. The van der Waals surface area contributed by atoms with Crippen LogP contribution in [-0.2, 0) is 16.1 Å². The lowest BCUT2D eigenvalue weighted by atomic mass is 10.0. The zero-order valence-corrected chi connectivity index (χ0v) is 12.8. The molecule has 1 aliphatic heterocycles. The second kappa shape index (κ2) is 6.44. The fourth-order valence-electron chi connectivity index (χ4n) is 2.51. The first-order valence-corrected chi connectivity index (χ1v) is 7.42. The summed E-state index contributed by atoms with van der Waals surface area (Å²) in [4.78, 5) is 24.9. The number of benzene rings is 2. The van der Waals surface area contributed by atoms with Crippen molar-refractivity contribution in [3.05, 3.63) is 66.2 Å². The molecule has 0 bridgehead atoms. The molecule has 5 heteroatoms. The van der Waals surface area contributed by atoms with Crippen molar-refractivity contribution >= 4 is 23.2 Å². The highest BCUT2D eigenvalue weighted by Gasteiger charge is 2.39. The third-order valence-electron chi connectivity index (χ3n) is 3.70. The van der Waals surface area contributed by atoms with Gasteiger partial charge in [-0.2, -0.15) is 10.1 Å². The zero-order chi connectivity index (χ0) is 16.2. The molecule has 2 aromatic carbocycles. The second-order valence-electron chi connectivity index (χ2n) is 5.36. The molecular formula is C18H17N3O2. The number of rotatable bonds is 4. The van der Waals surface area contributed by atoms with E-state index in [0.29, 0.717) is 17.9 Å². The summed E-state index contributed by atoms with van der Waals surface area (Å²) in [6, 6.07) is 18.7. The van der Waals surface area contributed by atoms with Gasteiger partial charge in [0.15, 0.2) is 5.92 Å². The number of amides is 2. The van der Waals surface area contributed by atoms with Crippen molar-refractivity contribution in [2.45, 2.75) is 13.5 Å². The van der Waals surface area contributed by atoms with Gasteiger partial charge < -0.3 is 5.32 Å². The number of carbonyl (C=O) groups excluding carboxylic acids is 2. The maximum absolute atomic E-state index is 12.5. The fourth-order valence-corrected chi connectivity index (χ4v) is 2.51. The van der Waals surface area contributed by atoms with Crippen LogP contribution in [0.5, 0.6) is 0 Å². The standard InChI is InChI=1S/C18H17N3O2/c1-13-16(17(22)19-12-14-8-4-2-5-9-14)18(23)21(20-13)15-10-6-3-7-11-15/h2-11,16H,12H2,1H3,(H,19,22)/t16-/m1/s1. The average Bonchev–Trinajstić information content (AvgIpc) is 2.89. The number of nitrogens with one attached hydrogen (secondary N) is 1. The molecule has 0 saturated heterocycles. The van der Waals surface area contributed by atoms with Crippen LogP contribution in [0.4, 0.5) is 5.69 Å². The Morgan fingerprint density at radius 3 is 2.35 bits per heavy atom. The third-order valence-corrected chi connectivity index (χ3v) is 3.70. The van der Waals surface area contributed by atoms with E-state index in [-0.39, 0.29) is 11.8 Å². The summed E-state index contributed by atoms with van der Waals surface area (Å²) in [6.45, 7) is 2.09. The van der Waals surface area contributed by atoms with Crippen LogP contribution in [-0.4, -0.2) is 17.5 Å². The Balaban J connectivity index is 1.70. The smallest absolute Gasteiger partial charge is 0.265 e. The minimum Gasteiger partial charge on any atom is -0.351 e. The molecule has 0 aliphatic carbocycles. The van der Waals surface area contributed by atoms with Gasteiger partial charge in [0, 0.05) is 6.54 Å². The zero-order valence-electron chi connectivity index (χ0n) is 12.8. The highest BCUT2D eigenvalue weighted by Crippen LogP contribution is 2.23. The Labute approximate surface area is 134 Å². The number of nitrogens with zero attached hydrogens (tertiary/aromatic N) is 2. The molecule has 1 aliphatic rings. The quantitative estimate of drug-likeness (QED) is 0.881. The Kier molecular flexibility index (Phi) is 4.19. The molecule has 3 rings (SSSR count). The van der Waals surface area contributed by atoms with E-state index in [1.165, 1.54) is 5.01 Å². The Bertz CT molecular complexity index is 741. The van der Waals surface area contributed by atoms with Crippen LogP contribution in [0.1, 0.15) is 12.5 Å². The first kappa shape index (κ1) is 15.0. The van der Waals surface area contributed by atoms with Gasteiger partial charge in [-0.1, -0.05) is 48.5 Å². The second-order valence-corrected chi connectivity index (χ2v) is 5.36. The molecular weight excluding hydrogens is 290 g/mol. The maximum atomic E-state index is 12.5. The van der Waals surface area contributed by atoms with Crippen molar-refractivity contribution < 1.29 is 9.59 Å². The molecule has 0 radical (unpaired) electrons. The van der Waals surface area contributed by atoms with Crippen molar-refractivity contribution in [1.29, 1.82) is 0 Å². The van der Waals surface area contributed by atoms with Crippen LogP contribution in [0.15, 0.2) is 65.8 Å². The molecule has 0 fully saturated rings. The van der Waals surface area contributed by atoms with Gasteiger partial charge >= 0.3 is 0 Å². The average molecular weight is 307 g/mol. The normalized spacial score (nSPS) is 17.1. The van der Waals surface area contributed by atoms with Crippen molar-refractivity contribution in [2.75, 3.05) is 5.01 Å². The molecule has 0 aromatic heterocycles. The highest BCUT2D eigenvalue weighted by molar-refractivity contribution is 6.26. The van der Waals surface area contributed by atoms with Crippen LogP contribution in [0.25, 0.3) is 0 Å². The summed E-state index contributed by atoms with van der Waals surface area (Å²) in [5.41, 5.74) is 2.15. The van der Waals surface area contributed by atoms with E-state index in [2.05, 4.69) is 10.4 Å². The molecule has 1 N–H and O–H groups in total. The molecule has 2 aromatic rings. The molecule has 116 valence electrons. The lowest BCUT2D eigenvalue weighted by Crippen LogP contribution is -2.39. The Morgan fingerprint density at radius 2 is 1.70 bits per heavy atom. The van der Waals surface area contributed by atoms with Crippen LogP contribution in [0.3, 0.4) is 0 Å². The van der Waals surface area contributed by atoms with Gasteiger partial charge in [-0.15, -0.1) is 0 Å². The number of hydrazone groups is 1. The monoisotopic (exact) mass is 307 g/mol. The van der Waals surface area contributed by atoms with E-state index in [0.717, 1.165) is 5.56 Å².